The molecule has 0 aliphatic heterocycles. The van der Waals surface area contributed by atoms with Gasteiger partial charge in [0.2, 0.25) is 0 Å². The minimum absolute atomic E-state index is 0.0132. The maximum atomic E-state index is 9.83. The number of hydrogen-bond acceptors (Lipinski definition) is 5. The van der Waals surface area contributed by atoms with Crippen LogP contribution in [0.15, 0.2) is 53.0 Å². The Balaban J connectivity index is 1.95. The first-order chi connectivity index (χ1) is 16.4. The van der Waals surface area contributed by atoms with Crippen molar-refractivity contribution in [2.24, 2.45) is 0 Å². The average molecular weight is 525 g/mol. The Labute approximate surface area is 208 Å². The molecule has 4 rings (SSSR count). The summed E-state index contributed by atoms with van der Waals surface area (Å²) < 4.78 is 19.6. The standard InChI is InChI=1S/C27H29BrN2O4/c1-16(2)17-6-8-18(9-7-17)27-29-25-24(28)20(15-23(34-5)26(25)30(27)12-13-31)19-10-11-21(32-3)22(14-19)33-4/h6-11,14-16,31H,12-13H2,1-5H3. The van der Waals surface area contributed by atoms with Crippen LogP contribution in [-0.2, 0) is 6.54 Å². The molecule has 1 heterocycles. The zero-order valence-corrected chi connectivity index (χ0v) is 21.6. The number of aliphatic hydroxyl groups is 1. The highest BCUT2D eigenvalue weighted by Crippen LogP contribution is 2.43. The molecule has 0 saturated carbocycles. The molecule has 3 aromatic carbocycles. The number of imidazole rings is 1. The predicted molar refractivity (Wildman–Crippen MR) is 139 cm³/mol. The molecule has 7 heteroatoms. The predicted octanol–water partition coefficient (Wildman–Crippen LogP) is 6.27. The quantitative estimate of drug-likeness (QED) is 0.294. The molecule has 0 fully saturated rings. The van der Waals surface area contributed by atoms with E-state index >= 15 is 0 Å². The fourth-order valence-electron chi connectivity index (χ4n) is 4.17. The third-order valence-electron chi connectivity index (χ3n) is 5.99. The number of nitrogens with zero attached hydrogens (tertiary/aromatic N) is 2. The summed E-state index contributed by atoms with van der Waals surface area (Å²) in [6, 6.07) is 16.2. The third-order valence-corrected chi connectivity index (χ3v) is 6.80. The van der Waals surface area contributed by atoms with Crippen molar-refractivity contribution in [2.45, 2.75) is 26.3 Å². The van der Waals surface area contributed by atoms with E-state index in [-0.39, 0.29) is 6.61 Å². The topological polar surface area (TPSA) is 65.7 Å². The van der Waals surface area contributed by atoms with Crippen LogP contribution in [0.5, 0.6) is 17.2 Å². The summed E-state index contributed by atoms with van der Waals surface area (Å²) in [6.07, 6.45) is 0. The van der Waals surface area contributed by atoms with Crippen LogP contribution < -0.4 is 14.2 Å². The number of benzene rings is 3. The van der Waals surface area contributed by atoms with E-state index in [0.29, 0.717) is 29.7 Å². The second kappa shape index (κ2) is 10.1. The van der Waals surface area contributed by atoms with Gasteiger partial charge in [0, 0.05) is 17.7 Å². The number of ether oxygens (including phenoxy) is 3. The molecule has 178 valence electrons. The van der Waals surface area contributed by atoms with Crippen molar-refractivity contribution in [3.8, 4) is 39.8 Å². The van der Waals surface area contributed by atoms with Crippen LogP contribution in [0.3, 0.4) is 0 Å². The zero-order chi connectivity index (χ0) is 24.4. The van der Waals surface area contributed by atoms with Crippen LogP contribution in [0.1, 0.15) is 25.3 Å². The van der Waals surface area contributed by atoms with Gasteiger partial charge in [-0.1, -0.05) is 44.2 Å². The lowest BCUT2D eigenvalue weighted by molar-refractivity contribution is 0.278. The second-order valence-corrected chi connectivity index (χ2v) is 9.09. The number of halogens is 1. The van der Waals surface area contributed by atoms with E-state index in [0.717, 1.165) is 38.0 Å². The van der Waals surface area contributed by atoms with Crippen molar-refractivity contribution in [1.29, 1.82) is 0 Å². The molecule has 0 unspecified atom stereocenters. The molecule has 0 amide bonds. The van der Waals surface area contributed by atoms with Gasteiger partial charge in [0.25, 0.3) is 0 Å². The number of hydrogen-bond donors (Lipinski definition) is 1. The van der Waals surface area contributed by atoms with E-state index in [1.165, 1.54) is 5.56 Å². The Morgan fingerprint density at radius 2 is 1.53 bits per heavy atom. The van der Waals surface area contributed by atoms with Crippen molar-refractivity contribution in [3.05, 3.63) is 58.6 Å². The molecule has 0 spiro atoms. The Bertz CT molecular complexity index is 1310. The van der Waals surface area contributed by atoms with Gasteiger partial charge in [0.05, 0.1) is 32.4 Å². The van der Waals surface area contributed by atoms with Crippen LogP contribution in [-0.4, -0.2) is 42.6 Å². The van der Waals surface area contributed by atoms with Crippen LogP contribution in [0, 0.1) is 0 Å². The molecule has 0 bridgehead atoms. The first kappa shape index (κ1) is 24.1. The third kappa shape index (κ3) is 4.26. The van der Waals surface area contributed by atoms with Crippen molar-refractivity contribution in [1.82, 2.24) is 9.55 Å². The Morgan fingerprint density at radius 3 is 2.12 bits per heavy atom. The van der Waals surface area contributed by atoms with Gasteiger partial charge in [0.15, 0.2) is 11.5 Å². The highest BCUT2D eigenvalue weighted by atomic mass is 79.9. The summed E-state index contributed by atoms with van der Waals surface area (Å²) >= 11 is 3.80. The van der Waals surface area contributed by atoms with Crippen molar-refractivity contribution in [2.75, 3.05) is 27.9 Å². The van der Waals surface area contributed by atoms with Gasteiger partial charge < -0.3 is 23.9 Å². The number of fused-ring (bicyclic) bond motifs is 1. The summed E-state index contributed by atoms with van der Waals surface area (Å²) in [7, 11) is 4.88. The molecular formula is C27H29BrN2O4. The van der Waals surface area contributed by atoms with E-state index in [9.17, 15) is 5.11 Å². The highest BCUT2D eigenvalue weighted by molar-refractivity contribution is 9.10. The molecule has 4 aromatic rings. The number of methoxy groups -OCH3 is 3. The fraction of sp³-hybridized carbons (Fsp3) is 0.296. The summed E-state index contributed by atoms with van der Waals surface area (Å²) in [5.74, 6) is 3.21. The molecule has 0 saturated heterocycles. The number of aromatic nitrogens is 2. The monoisotopic (exact) mass is 524 g/mol. The SMILES string of the molecule is COc1ccc(-c2cc(OC)c3c(nc(-c4ccc(C(C)C)cc4)n3CCO)c2Br)cc1OC. The maximum Gasteiger partial charge on any atom is 0.161 e. The van der Waals surface area contributed by atoms with Crippen molar-refractivity contribution in [3.63, 3.8) is 0 Å². The molecule has 6 nitrogen and oxygen atoms in total. The lowest BCUT2D eigenvalue weighted by Crippen LogP contribution is -2.05. The normalized spacial score (nSPS) is 11.3. The molecule has 0 atom stereocenters. The van der Waals surface area contributed by atoms with E-state index in [1.807, 2.05) is 28.8 Å². The van der Waals surface area contributed by atoms with E-state index < -0.39 is 0 Å². The number of aliphatic hydroxyl groups excluding tert-OH is 1. The molecular weight excluding hydrogens is 496 g/mol. The minimum atomic E-state index is -0.0132. The van der Waals surface area contributed by atoms with Gasteiger partial charge >= 0.3 is 0 Å². The zero-order valence-electron chi connectivity index (χ0n) is 20.1. The van der Waals surface area contributed by atoms with E-state index in [4.69, 9.17) is 19.2 Å². The summed E-state index contributed by atoms with van der Waals surface area (Å²) in [6.45, 7) is 4.73. The van der Waals surface area contributed by atoms with Crippen molar-refractivity contribution < 1.29 is 19.3 Å². The van der Waals surface area contributed by atoms with Crippen LogP contribution in [0.2, 0.25) is 0 Å². The first-order valence-electron chi connectivity index (χ1n) is 11.1. The van der Waals surface area contributed by atoms with Crippen molar-refractivity contribution >= 4 is 27.0 Å². The molecule has 1 aromatic heterocycles. The largest absolute Gasteiger partial charge is 0.494 e. The van der Waals surface area contributed by atoms with Gasteiger partial charge in [-0.2, -0.15) is 0 Å². The lowest BCUT2D eigenvalue weighted by atomic mass is 10.0. The minimum Gasteiger partial charge on any atom is -0.494 e. The van der Waals surface area contributed by atoms with Gasteiger partial charge in [-0.05, 0) is 51.2 Å². The van der Waals surface area contributed by atoms with Crippen LogP contribution in [0.25, 0.3) is 33.5 Å². The molecule has 0 aliphatic carbocycles. The number of rotatable bonds is 8. The van der Waals surface area contributed by atoms with Gasteiger partial charge in [-0.25, -0.2) is 4.98 Å². The summed E-state index contributed by atoms with van der Waals surface area (Å²) in [5.41, 5.74) is 5.69. The maximum absolute atomic E-state index is 9.83. The van der Waals surface area contributed by atoms with Gasteiger partial charge in [-0.15, -0.1) is 0 Å². The average Bonchev–Trinajstić information content (AvgIpc) is 3.24. The molecule has 1 N–H and O–H groups in total. The van der Waals surface area contributed by atoms with E-state index in [1.54, 1.807) is 21.3 Å². The van der Waals surface area contributed by atoms with Gasteiger partial charge in [-0.3, -0.25) is 0 Å². The smallest absolute Gasteiger partial charge is 0.161 e. The van der Waals surface area contributed by atoms with Gasteiger partial charge in [0.1, 0.15) is 22.6 Å². The Kier molecular flexibility index (Phi) is 7.14. The summed E-state index contributed by atoms with van der Waals surface area (Å²) in [5, 5.41) is 9.83. The highest BCUT2D eigenvalue weighted by Gasteiger charge is 2.22. The first-order valence-corrected chi connectivity index (χ1v) is 11.9. The molecule has 34 heavy (non-hydrogen) atoms. The molecule has 0 radical (unpaired) electrons. The lowest BCUT2D eigenvalue weighted by Gasteiger charge is -2.14. The van der Waals surface area contributed by atoms with Crippen LogP contribution in [0.4, 0.5) is 0 Å². The Morgan fingerprint density at radius 1 is 0.882 bits per heavy atom. The van der Waals surface area contributed by atoms with E-state index in [2.05, 4.69) is 54.0 Å². The second-order valence-electron chi connectivity index (χ2n) is 8.29. The molecule has 0 aliphatic rings. The Hall–Kier alpha value is -3.03. The fourth-order valence-corrected chi connectivity index (χ4v) is 4.79. The summed E-state index contributed by atoms with van der Waals surface area (Å²) in [4.78, 5) is 5.02. The van der Waals surface area contributed by atoms with Crippen LogP contribution >= 0.6 is 15.9 Å².